The van der Waals surface area contributed by atoms with Crippen LogP contribution in [0.5, 0.6) is 5.75 Å². The smallest absolute Gasteiger partial charge is 0.744 e. The third-order valence-electron chi connectivity index (χ3n) is 6.23. The molecule has 0 saturated carbocycles. The number of carboxylic acid groups (broad SMARTS) is 1. The molecular weight excluding hydrogens is 874 g/mol. The Morgan fingerprint density at radius 2 is 1.55 bits per heavy atom. The van der Waals surface area contributed by atoms with Crippen molar-refractivity contribution >= 4 is 70.7 Å². The molecule has 0 amide bonds. The van der Waals surface area contributed by atoms with E-state index in [1.54, 1.807) is 6.07 Å². The number of anilines is 3. The summed E-state index contributed by atoms with van der Waals surface area (Å²) in [4.78, 5) is 20.3. The van der Waals surface area contributed by atoms with Gasteiger partial charge in [0.1, 0.15) is 37.4 Å². The molecule has 3 aromatic carbocycles. The second kappa shape index (κ2) is 22.6. The molecule has 0 bridgehead atoms. The number of phenols is 1. The second-order valence-corrected chi connectivity index (χ2v) is 14.6. The van der Waals surface area contributed by atoms with E-state index in [1.807, 2.05) is 0 Å². The third kappa shape index (κ3) is 15.9. The topological polar surface area (TPSA) is 318 Å². The molecule has 55 heavy (non-hydrogen) atoms. The number of hydrogen-bond acceptors (Lipinski definition) is 19. The first-order valence-electron chi connectivity index (χ1n) is 13.7. The van der Waals surface area contributed by atoms with Crippen molar-refractivity contribution in [3.63, 3.8) is 0 Å². The summed E-state index contributed by atoms with van der Waals surface area (Å²) in [5, 5.41) is 40.6. The molecule has 0 spiro atoms. The van der Waals surface area contributed by atoms with Crippen molar-refractivity contribution in [1.82, 2.24) is 15.0 Å². The van der Waals surface area contributed by atoms with E-state index >= 15 is 0 Å². The zero-order chi connectivity index (χ0) is 37.6. The van der Waals surface area contributed by atoms with Crippen LogP contribution in [0, 0.1) is 6.08 Å². The SMILES string of the molecule is C=CS(=O)(=O)CCNc1nc(F)nc(Nc2cc(O)c(N=Nc3cccc(CN=Nc4cc(S(=O)(=O)[O-])ccc4C(=O)O)c3)cc2S(=O)(=O)[O-])n1.[Cu].[Na+].[Na+].[Na+]. The van der Waals surface area contributed by atoms with Gasteiger partial charge >= 0.3 is 101 Å². The van der Waals surface area contributed by atoms with Crippen molar-refractivity contribution in [3.05, 3.63) is 83.8 Å². The number of phenolic OH excluding ortho intramolecular Hbond substituents is 1. The zero-order valence-corrected chi connectivity index (χ0v) is 38.1. The summed E-state index contributed by atoms with van der Waals surface area (Å²) in [5.74, 6) is -3.64. The first-order valence-corrected chi connectivity index (χ1v) is 18.2. The maximum absolute atomic E-state index is 14.1. The van der Waals surface area contributed by atoms with Crippen LogP contribution in [-0.4, -0.2) is 77.8 Å². The van der Waals surface area contributed by atoms with E-state index in [-0.39, 0.29) is 130 Å². The van der Waals surface area contributed by atoms with Crippen LogP contribution in [0.15, 0.2) is 96.8 Å². The van der Waals surface area contributed by atoms with Gasteiger partial charge in [-0.1, -0.05) is 18.7 Å². The maximum Gasteiger partial charge on any atom is 1.00 e. The molecule has 28 heteroatoms. The van der Waals surface area contributed by atoms with E-state index in [0.717, 1.165) is 29.7 Å². The number of azo groups is 2. The van der Waals surface area contributed by atoms with Crippen LogP contribution in [-0.2, 0) is 53.7 Å². The van der Waals surface area contributed by atoms with Crippen molar-refractivity contribution in [2.75, 3.05) is 22.9 Å². The van der Waals surface area contributed by atoms with Gasteiger partial charge in [-0.15, -0.1) is 5.11 Å². The van der Waals surface area contributed by atoms with Crippen LogP contribution in [0.2, 0.25) is 0 Å². The fourth-order valence-electron chi connectivity index (χ4n) is 3.89. The summed E-state index contributed by atoms with van der Waals surface area (Å²) in [6.45, 7) is 2.71. The molecule has 20 nitrogen and oxygen atoms in total. The number of hydrogen-bond donors (Lipinski definition) is 4. The van der Waals surface area contributed by atoms with Gasteiger partial charge in [0, 0.05) is 35.1 Å². The van der Waals surface area contributed by atoms with Crippen molar-refractivity contribution in [2.45, 2.75) is 16.3 Å². The predicted octanol–water partition coefficient (Wildman–Crippen LogP) is -5.35. The predicted molar refractivity (Wildman–Crippen MR) is 172 cm³/mol. The Morgan fingerprint density at radius 1 is 0.873 bits per heavy atom. The van der Waals surface area contributed by atoms with Gasteiger partial charge in [0.25, 0.3) is 0 Å². The molecule has 0 aliphatic heterocycles. The summed E-state index contributed by atoms with van der Waals surface area (Å²) in [5.41, 5.74) is -1.31. The van der Waals surface area contributed by atoms with E-state index in [0.29, 0.717) is 11.6 Å². The van der Waals surface area contributed by atoms with Crippen LogP contribution in [0.1, 0.15) is 15.9 Å². The summed E-state index contributed by atoms with van der Waals surface area (Å²) in [6.07, 6.45) is -1.36. The first-order chi connectivity index (χ1) is 23.8. The van der Waals surface area contributed by atoms with Gasteiger partial charge in [-0.05, 0) is 42.0 Å². The van der Waals surface area contributed by atoms with Gasteiger partial charge in [-0.3, -0.25) is 0 Å². The van der Waals surface area contributed by atoms with E-state index in [9.17, 15) is 53.8 Å². The fourth-order valence-corrected chi connectivity index (χ4v) is 5.57. The van der Waals surface area contributed by atoms with E-state index in [4.69, 9.17) is 0 Å². The third-order valence-corrected chi connectivity index (χ3v) is 9.22. The average molecular weight is 896 g/mol. The normalized spacial score (nSPS) is 11.4. The second-order valence-electron chi connectivity index (χ2n) is 9.84. The molecule has 279 valence electrons. The molecule has 0 atom stereocenters. The Kier molecular flexibility index (Phi) is 21.6. The van der Waals surface area contributed by atoms with Crippen molar-refractivity contribution in [1.29, 1.82) is 0 Å². The Hall–Kier alpha value is -2.30. The summed E-state index contributed by atoms with van der Waals surface area (Å²) in [7, 11) is -13.8. The molecule has 0 saturated heterocycles. The maximum atomic E-state index is 14.1. The molecule has 0 fully saturated rings. The molecule has 4 rings (SSSR count). The molecule has 0 unspecified atom stereocenters. The number of aromatic hydroxyl groups is 1. The number of carboxylic acids is 1. The van der Waals surface area contributed by atoms with E-state index in [2.05, 4.69) is 52.6 Å². The number of benzene rings is 3. The van der Waals surface area contributed by atoms with Gasteiger partial charge in [-0.25, -0.2) is 30.0 Å². The standard InChI is InChI=1S/C27H24FN9O11S3.Cu.3Na/c1-2-49(41,42)9-8-29-26-32-25(28)33-27(34-26)31-21-12-22(38)20(13-23(21)51(46,47)48)37-35-16-5-3-4-15(10-16)14-30-36-19-11-17(50(43,44)45)6-7-18(19)24(39)40;;;;/h2-7,10-13,38H,1,8-9,14H2,(H,39,40)(H,43,44,45)(H,46,47,48)(H2,29,31,32,33,34);;;;/q;;3*+1/p-2. The number of carbonyl (C=O) groups is 1. The van der Waals surface area contributed by atoms with Gasteiger partial charge in [0.05, 0.1) is 39.0 Å². The van der Waals surface area contributed by atoms with Gasteiger partial charge < -0.3 is 30.0 Å². The Labute approximate surface area is 389 Å². The summed E-state index contributed by atoms with van der Waals surface area (Å²) in [6, 6.07) is 9.86. The van der Waals surface area contributed by atoms with Crippen LogP contribution in [0.3, 0.4) is 0 Å². The van der Waals surface area contributed by atoms with Crippen LogP contribution >= 0.6 is 0 Å². The number of nitrogens with one attached hydrogen (secondary N) is 2. The van der Waals surface area contributed by atoms with Crippen LogP contribution < -0.4 is 99.3 Å². The molecule has 4 aromatic rings. The molecule has 1 aromatic heterocycles. The minimum Gasteiger partial charge on any atom is -0.744 e. The monoisotopic (exact) mass is 895 g/mol. The minimum absolute atomic E-state index is 0. The number of aromatic carboxylic acids is 1. The molecule has 4 N–H and O–H groups in total. The summed E-state index contributed by atoms with van der Waals surface area (Å²) < 4.78 is 108. The minimum atomic E-state index is -5.28. The Bertz CT molecular complexity index is 2430. The Balaban J connectivity index is 0.00000729. The first kappa shape index (κ1) is 52.7. The molecule has 1 radical (unpaired) electrons. The van der Waals surface area contributed by atoms with Crippen LogP contribution in [0.4, 0.5) is 39.0 Å². The number of sulfone groups is 1. The number of nitrogens with zero attached hydrogens (tertiary/aromatic N) is 7. The van der Waals surface area contributed by atoms with Gasteiger partial charge in [-0.2, -0.15) is 34.7 Å². The van der Waals surface area contributed by atoms with E-state index in [1.165, 1.54) is 18.2 Å². The molecular formula is C27H22CuFN9Na3O11S3+. The van der Waals surface area contributed by atoms with Gasteiger partial charge in [0.15, 0.2) is 9.84 Å². The Morgan fingerprint density at radius 3 is 2.16 bits per heavy atom. The van der Waals surface area contributed by atoms with Crippen molar-refractivity contribution in [2.24, 2.45) is 20.5 Å². The van der Waals surface area contributed by atoms with Crippen LogP contribution in [0.25, 0.3) is 0 Å². The van der Waals surface area contributed by atoms with Crippen molar-refractivity contribution < 1.29 is 159 Å². The molecule has 0 aliphatic rings. The quantitative estimate of drug-likeness (QED) is 0.0492. The average Bonchev–Trinajstić information content (AvgIpc) is 3.03. The fraction of sp³-hybridized carbons (Fsp3) is 0.111. The number of aromatic nitrogens is 3. The van der Waals surface area contributed by atoms with Gasteiger partial charge in [0.2, 0.25) is 11.9 Å². The van der Waals surface area contributed by atoms with E-state index < -0.39 is 92.2 Å². The number of halogens is 1. The molecule has 1 heterocycles. The zero-order valence-electron chi connectivity index (χ0n) is 28.7. The van der Waals surface area contributed by atoms with Crippen molar-refractivity contribution in [3.8, 4) is 5.75 Å². The summed E-state index contributed by atoms with van der Waals surface area (Å²) >= 11 is 0. The largest absolute Gasteiger partial charge is 1.00 e. The molecule has 0 aliphatic carbocycles. The number of rotatable bonds is 15.